The Bertz CT molecular complexity index is 670. The van der Waals surface area contributed by atoms with E-state index in [4.69, 9.17) is 5.26 Å². The molecule has 4 nitrogen and oxygen atoms in total. The molecule has 0 N–H and O–H groups in total. The topological polar surface area (TPSA) is 58.7 Å². The fourth-order valence-electron chi connectivity index (χ4n) is 1.45. The van der Waals surface area contributed by atoms with Crippen molar-refractivity contribution in [3.8, 4) is 11.8 Å². The number of hydrogen-bond donors (Lipinski definition) is 0. The molecule has 0 spiro atoms. The molecular formula is C12H8BrN3O. The monoisotopic (exact) mass is 289 g/mol. The van der Waals surface area contributed by atoms with Gasteiger partial charge < -0.3 is 0 Å². The Hall–Kier alpha value is -1.93. The third kappa shape index (κ3) is 2.12. The van der Waals surface area contributed by atoms with Gasteiger partial charge >= 0.3 is 0 Å². The molecule has 1 heterocycles. The fourth-order valence-corrected chi connectivity index (χ4v) is 1.90. The molecule has 0 amide bonds. The van der Waals surface area contributed by atoms with Crippen LogP contribution in [0.1, 0.15) is 11.3 Å². The summed E-state index contributed by atoms with van der Waals surface area (Å²) >= 11 is 3.36. The van der Waals surface area contributed by atoms with Crippen LogP contribution < -0.4 is 5.56 Å². The molecule has 17 heavy (non-hydrogen) atoms. The lowest BCUT2D eigenvalue weighted by molar-refractivity contribution is 0.779. The van der Waals surface area contributed by atoms with E-state index in [2.05, 4.69) is 21.0 Å². The number of para-hydroxylation sites is 1. The molecule has 0 saturated heterocycles. The molecule has 0 aliphatic heterocycles. The van der Waals surface area contributed by atoms with Gasteiger partial charge in [0.2, 0.25) is 0 Å². The second kappa shape index (κ2) is 4.52. The van der Waals surface area contributed by atoms with Crippen molar-refractivity contribution < 1.29 is 0 Å². The molecule has 0 radical (unpaired) electrons. The van der Waals surface area contributed by atoms with Crippen LogP contribution in [0.25, 0.3) is 5.69 Å². The summed E-state index contributed by atoms with van der Waals surface area (Å²) in [6.07, 6.45) is 0. The lowest BCUT2D eigenvalue weighted by atomic mass is 10.2. The number of hydrogen-bond acceptors (Lipinski definition) is 3. The average molecular weight is 290 g/mol. The Morgan fingerprint density at radius 2 is 2.12 bits per heavy atom. The summed E-state index contributed by atoms with van der Waals surface area (Å²) in [5.41, 5.74) is 1.17. The van der Waals surface area contributed by atoms with Gasteiger partial charge in [-0.05, 0) is 35.0 Å². The van der Waals surface area contributed by atoms with Gasteiger partial charge in [0.05, 0.1) is 16.9 Å². The minimum Gasteiger partial charge on any atom is -0.267 e. The van der Waals surface area contributed by atoms with E-state index in [0.717, 1.165) is 4.47 Å². The predicted molar refractivity (Wildman–Crippen MR) is 67.0 cm³/mol. The molecule has 2 aromatic rings. The van der Waals surface area contributed by atoms with Crippen molar-refractivity contribution in [2.24, 2.45) is 0 Å². The van der Waals surface area contributed by atoms with Crippen molar-refractivity contribution in [3.05, 3.63) is 56.4 Å². The Labute approximate surface area is 106 Å². The van der Waals surface area contributed by atoms with Gasteiger partial charge in [-0.25, -0.2) is 0 Å². The normalized spacial score (nSPS) is 9.94. The zero-order valence-corrected chi connectivity index (χ0v) is 10.6. The molecule has 84 valence electrons. The van der Waals surface area contributed by atoms with Gasteiger partial charge in [-0.3, -0.25) is 4.79 Å². The van der Waals surface area contributed by atoms with E-state index >= 15 is 0 Å². The summed E-state index contributed by atoms with van der Waals surface area (Å²) in [7, 11) is 0. The van der Waals surface area contributed by atoms with Gasteiger partial charge in [0, 0.05) is 10.5 Å². The zero-order valence-electron chi connectivity index (χ0n) is 9.01. The van der Waals surface area contributed by atoms with Gasteiger partial charge in [-0.2, -0.15) is 15.0 Å². The molecule has 0 fully saturated rings. The van der Waals surface area contributed by atoms with E-state index in [-0.39, 0.29) is 5.56 Å². The third-order valence-electron chi connectivity index (χ3n) is 2.32. The highest BCUT2D eigenvalue weighted by Crippen LogP contribution is 2.18. The Kier molecular flexibility index (Phi) is 3.07. The minimum absolute atomic E-state index is 0.304. The highest BCUT2D eigenvalue weighted by atomic mass is 79.9. The molecule has 0 atom stereocenters. The van der Waals surface area contributed by atoms with Crippen molar-refractivity contribution in [1.82, 2.24) is 9.78 Å². The Morgan fingerprint density at radius 3 is 2.76 bits per heavy atom. The summed E-state index contributed by atoms with van der Waals surface area (Å²) in [6, 6.07) is 10.5. The van der Waals surface area contributed by atoms with E-state index in [1.54, 1.807) is 13.0 Å². The molecule has 1 aromatic heterocycles. The standard InChI is InChI=1S/C12H8BrN3O/c1-8-9(7-14)6-12(17)16(15-8)11-5-3-2-4-10(11)13/h2-6H,1H3. The van der Waals surface area contributed by atoms with E-state index in [0.29, 0.717) is 16.9 Å². The Balaban J connectivity index is 2.71. The first kappa shape index (κ1) is 11.6. The summed E-state index contributed by atoms with van der Waals surface area (Å²) in [6.45, 7) is 1.70. The van der Waals surface area contributed by atoms with E-state index in [1.807, 2.05) is 24.3 Å². The summed E-state index contributed by atoms with van der Waals surface area (Å²) in [5, 5.41) is 12.9. The zero-order chi connectivity index (χ0) is 12.4. The summed E-state index contributed by atoms with van der Waals surface area (Å²) in [5.74, 6) is 0. The second-order valence-electron chi connectivity index (χ2n) is 3.46. The Morgan fingerprint density at radius 1 is 1.41 bits per heavy atom. The van der Waals surface area contributed by atoms with Crippen molar-refractivity contribution in [3.63, 3.8) is 0 Å². The highest BCUT2D eigenvalue weighted by molar-refractivity contribution is 9.10. The fraction of sp³-hybridized carbons (Fsp3) is 0.0833. The molecule has 0 unspecified atom stereocenters. The van der Waals surface area contributed by atoms with Crippen LogP contribution in [0.3, 0.4) is 0 Å². The van der Waals surface area contributed by atoms with Crippen molar-refractivity contribution in [2.75, 3.05) is 0 Å². The van der Waals surface area contributed by atoms with E-state index in [9.17, 15) is 4.79 Å². The van der Waals surface area contributed by atoms with Gasteiger partial charge in [0.1, 0.15) is 6.07 Å². The lowest BCUT2D eigenvalue weighted by Gasteiger charge is -2.07. The van der Waals surface area contributed by atoms with Crippen LogP contribution in [0.4, 0.5) is 0 Å². The number of nitrogens with zero attached hydrogens (tertiary/aromatic N) is 3. The molecule has 1 aromatic carbocycles. The maximum absolute atomic E-state index is 11.8. The number of nitriles is 1. The largest absolute Gasteiger partial charge is 0.272 e. The summed E-state index contributed by atoms with van der Waals surface area (Å²) in [4.78, 5) is 11.8. The second-order valence-corrected chi connectivity index (χ2v) is 4.31. The van der Waals surface area contributed by atoms with Crippen LogP contribution in [0.5, 0.6) is 0 Å². The smallest absolute Gasteiger partial charge is 0.267 e. The van der Waals surface area contributed by atoms with Crippen LogP contribution in [-0.4, -0.2) is 9.78 Å². The first-order chi connectivity index (χ1) is 8.13. The minimum atomic E-state index is -0.320. The van der Waals surface area contributed by atoms with Crippen LogP contribution in [0.2, 0.25) is 0 Å². The van der Waals surface area contributed by atoms with Gasteiger partial charge in [0.15, 0.2) is 0 Å². The van der Waals surface area contributed by atoms with Crippen molar-refractivity contribution >= 4 is 15.9 Å². The molecule has 5 heteroatoms. The van der Waals surface area contributed by atoms with Gasteiger partial charge in [0.25, 0.3) is 5.56 Å². The molecule has 2 rings (SSSR count). The van der Waals surface area contributed by atoms with Crippen LogP contribution in [-0.2, 0) is 0 Å². The maximum atomic E-state index is 11.8. The third-order valence-corrected chi connectivity index (χ3v) is 2.99. The van der Waals surface area contributed by atoms with Crippen LogP contribution >= 0.6 is 15.9 Å². The molecular weight excluding hydrogens is 282 g/mol. The van der Waals surface area contributed by atoms with Gasteiger partial charge in [-0.15, -0.1) is 0 Å². The SMILES string of the molecule is Cc1nn(-c2ccccc2Br)c(=O)cc1C#N. The molecule has 0 bridgehead atoms. The van der Waals surface area contributed by atoms with Crippen molar-refractivity contribution in [2.45, 2.75) is 6.92 Å². The predicted octanol–water partition coefficient (Wildman–Crippen LogP) is 2.18. The van der Waals surface area contributed by atoms with Crippen LogP contribution in [0, 0.1) is 18.3 Å². The quantitative estimate of drug-likeness (QED) is 0.808. The highest BCUT2D eigenvalue weighted by Gasteiger charge is 2.08. The number of benzene rings is 1. The van der Waals surface area contributed by atoms with Crippen LogP contribution in [0.15, 0.2) is 39.6 Å². The first-order valence-corrected chi connectivity index (χ1v) is 5.69. The maximum Gasteiger partial charge on any atom is 0.272 e. The average Bonchev–Trinajstić information content (AvgIpc) is 2.32. The number of aryl methyl sites for hydroxylation is 1. The van der Waals surface area contributed by atoms with Crippen molar-refractivity contribution in [1.29, 1.82) is 5.26 Å². The number of halogens is 1. The van der Waals surface area contributed by atoms with E-state index < -0.39 is 0 Å². The van der Waals surface area contributed by atoms with Gasteiger partial charge in [-0.1, -0.05) is 12.1 Å². The number of aromatic nitrogens is 2. The first-order valence-electron chi connectivity index (χ1n) is 4.89. The molecule has 0 aliphatic carbocycles. The number of rotatable bonds is 1. The van der Waals surface area contributed by atoms with E-state index in [1.165, 1.54) is 10.7 Å². The molecule has 0 saturated carbocycles. The summed E-state index contributed by atoms with van der Waals surface area (Å²) < 4.78 is 2.05. The lowest BCUT2D eigenvalue weighted by Crippen LogP contribution is -2.22. The molecule has 0 aliphatic rings.